The van der Waals surface area contributed by atoms with Gasteiger partial charge in [-0.05, 0) is 53.9 Å². The number of carbonyl (C=O) groups excluding carboxylic acids is 2. The fraction of sp³-hybridized carbons (Fsp3) is 0.192. The number of methoxy groups -OCH3 is 1. The van der Waals surface area contributed by atoms with E-state index < -0.39 is 23.8 Å². The molecule has 37 heavy (non-hydrogen) atoms. The molecule has 11 heteroatoms. The number of rotatable bonds is 5. The second kappa shape index (κ2) is 10.3. The van der Waals surface area contributed by atoms with Crippen molar-refractivity contribution < 1.29 is 18.7 Å². The van der Waals surface area contributed by atoms with Crippen molar-refractivity contribution in [2.24, 2.45) is 0 Å². The number of aromatic nitrogens is 1. The van der Waals surface area contributed by atoms with E-state index in [1.807, 2.05) is 5.38 Å². The smallest absolute Gasteiger partial charge is 0.322 e. The maximum absolute atomic E-state index is 15.0. The summed E-state index contributed by atoms with van der Waals surface area (Å²) in [5.41, 5.74) is 0.538. The molecule has 8 nitrogen and oxygen atoms in total. The van der Waals surface area contributed by atoms with E-state index >= 15 is 4.39 Å². The number of anilines is 2. The van der Waals surface area contributed by atoms with Gasteiger partial charge in [0.2, 0.25) is 5.91 Å². The first kappa shape index (κ1) is 24.9. The average Bonchev–Trinajstić information content (AvgIpc) is 3.55. The van der Waals surface area contributed by atoms with E-state index in [4.69, 9.17) is 16.3 Å². The second-order valence-corrected chi connectivity index (χ2v) is 9.93. The van der Waals surface area contributed by atoms with Crippen LogP contribution < -0.4 is 16.2 Å². The minimum absolute atomic E-state index is 0.0580. The number of urea groups is 1. The lowest BCUT2D eigenvalue weighted by atomic mass is 10.1. The van der Waals surface area contributed by atoms with E-state index in [9.17, 15) is 14.4 Å². The van der Waals surface area contributed by atoms with E-state index in [0.717, 1.165) is 4.70 Å². The molecule has 0 radical (unpaired) electrons. The molecule has 2 aromatic heterocycles. The van der Waals surface area contributed by atoms with Gasteiger partial charge in [0.1, 0.15) is 11.9 Å². The molecule has 1 aliphatic rings. The standard InChI is InChI=1S/C26H22ClFN4O4S/c1-36-18-13-22(32(14-18)26(35)29-16-4-2-15(27)3-5-16)24(33)30-21-7-6-17(12-20(21)28)31-10-8-23-19(25(31)34)9-11-37-23/h2-12,18,22H,13-14H2,1H3,(H,29,35)(H,30,33)/t18-,22-/m1/s1. The summed E-state index contributed by atoms with van der Waals surface area (Å²) in [6.45, 7) is 0.198. The molecule has 2 N–H and O–H groups in total. The summed E-state index contributed by atoms with van der Waals surface area (Å²) in [6, 6.07) is 12.9. The molecule has 3 heterocycles. The van der Waals surface area contributed by atoms with Gasteiger partial charge in [0.25, 0.3) is 5.56 Å². The number of hydrogen-bond acceptors (Lipinski definition) is 5. The van der Waals surface area contributed by atoms with Crippen LogP contribution in [0.4, 0.5) is 20.6 Å². The van der Waals surface area contributed by atoms with Gasteiger partial charge in [0.15, 0.2) is 0 Å². The van der Waals surface area contributed by atoms with Crippen LogP contribution in [0.15, 0.2) is 71.0 Å². The summed E-state index contributed by atoms with van der Waals surface area (Å²) in [4.78, 5) is 40.2. The molecule has 4 aromatic rings. The highest BCUT2D eigenvalue weighted by atomic mass is 35.5. The predicted molar refractivity (Wildman–Crippen MR) is 142 cm³/mol. The Balaban J connectivity index is 1.33. The largest absolute Gasteiger partial charge is 0.380 e. The van der Waals surface area contributed by atoms with E-state index in [-0.39, 0.29) is 30.3 Å². The van der Waals surface area contributed by atoms with Crippen molar-refractivity contribution in [3.05, 3.63) is 87.4 Å². The van der Waals surface area contributed by atoms with Gasteiger partial charge in [0, 0.05) is 47.7 Å². The number of thiophene rings is 1. The summed E-state index contributed by atoms with van der Waals surface area (Å²) in [7, 11) is 1.51. The van der Waals surface area contributed by atoms with Crippen LogP contribution >= 0.6 is 22.9 Å². The highest BCUT2D eigenvalue weighted by Crippen LogP contribution is 2.25. The fourth-order valence-corrected chi connectivity index (χ4v) is 5.21. The monoisotopic (exact) mass is 540 g/mol. The summed E-state index contributed by atoms with van der Waals surface area (Å²) >= 11 is 7.35. The van der Waals surface area contributed by atoms with E-state index in [2.05, 4.69) is 10.6 Å². The zero-order valence-electron chi connectivity index (χ0n) is 19.6. The SMILES string of the molecule is CO[C@@H]1C[C@H](C(=O)Nc2ccc(-n3ccc4sccc4c3=O)cc2F)N(C(=O)Nc2ccc(Cl)cc2)C1. The first-order chi connectivity index (χ1) is 17.8. The summed E-state index contributed by atoms with van der Waals surface area (Å²) in [5.74, 6) is -1.25. The number of hydrogen-bond donors (Lipinski definition) is 2. The summed E-state index contributed by atoms with van der Waals surface area (Å²) in [5, 5.41) is 8.23. The Hall–Kier alpha value is -3.73. The van der Waals surface area contributed by atoms with Crippen LogP contribution in [0.2, 0.25) is 5.02 Å². The lowest BCUT2D eigenvalue weighted by Crippen LogP contribution is -2.45. The number of nitrogens with one attached hydrogen (secondary N) is 2. The molecule has 0 saturated carbocycles. The Bertz CT molecular complexity index is 1540. The van der Waals surface area contributed by atoms with E-state index in [1.165, 1.54) is 40.0 Å². The number of pyridine rings is 1. The lowest BCUT2D eigenvalue weighted by Gasteiger charge is -2.24. The number of amides is 3. The molecular formula is C26H22ClFN4O4S. The summed E-state index contributed by atoms with van der Waals surface area (Å²) in [6.07, 6.45) is 1.50. The van der Waals surface area contributed by atoms with Crippen molar-refractivity contribution in [1.82, 2.24) is 9.47 Å². The number of benzene rings is 2. The molecular weight excluding hydrogens is 519 g/mol. The number of likely N-dealkylation sites (tertiary alicyclic amines) is 1. The number of ether oxygens (including phenoxy) is 1. The van der Waals surface area contributed by atoms with Crippen molar-refractivity contribution in [1.29, 1.82) is 0 Å². The average molecular weight is 541 g/mol. The maximum Gasteiger partial charge on any atom is 0.322 e. The molecule has 190 valence electrons. The van der Waals surface area contributed by atoms with Crippen molar-refractivity contribution in [3.8, 4) is 5.69 Å². The predicted octanol–water partition coefficient (Wildman–Crippen LogP) is 5.10. The minimum atomic E-state index is -0.875. The fourth-order valence-electron chi connectivity index (χ4n) is 4.31. The first-order valence-corrected chi connectivity index (χ1v) is 12.7. The van der Waals surface area contributed by atoms with Gasteiger partial charge in [-0.3, -0.25) is 14.2 Å². The second-order valence-electron chi connectivity index (χ2n) is 8.54. The Kier molecular flexibility index (Phi) is 6.96. The molecule has 2 aromatic carbocycles. The van der Waals surface area contributed by atoms with Crippen molar-refractivity contribution in [2.45, 2.75) is 18.6 Å². The molecule has 0 bridgehead atoms. The molecule has 3 amide bonds. The van der Waals surface area contributed by atoms with Crippen LogP contribution in [-0.2, 0) is 9.53 Å². The summed E-state index contributed by atoms with van der Waals surface area (Å²) < 4.78 is 22.6. The highest BCUT2D eigenvalue weighted by molar-refractivity contribution is 7.17. The van der Waals surface area contributed by atoms with Crippen LogP contribution in [0.3, 0.4) is 0 Å². The molecule has 5 rings (SSSR count). The topological polar surface area (TPSA) is 92.7 Å². The number of halogens is 2. The Labute approximate surface area is 220 Å². The van der Waals surface area contributed by atoms with Gasteiger partial charge >= 0.3 is 6.03 Å². The van der Waals surface area contributed by atoms with Crippen molar-refractivity contribution in [3.63, 3.8) is 0 Å². The quantitative estimate of drug-likeness (QED) is 0.368. The van der Waals surface area contributed by atoms with Gasteiger partial charge in [-0.1, -0.05) is 11.6 Å². The van der Waals surface area contributed by atoms with E-state index in [0.29, 0.717) is 21.8 Å². The van der Waals surface area contributed by atoms with E-state index in [1.54, 1.807) is 48.7 Å². The van der Waals surface area contributed by atoms with Crippen molar-refractivity contribution in [2.75, 3.05) is 24.3 Å². The van der Waals surface area contributed by atoms with Gasteiger partial charge in [-0.25, -0.2) is 9.18 Å². The molecule has 1 saturated heterocycles. The van der Waals surface area contributed by atoms with Crippen LogP contribution in [0.1, 0.15) is 6.42 Å². The molecule has 0 unspecified atom stereocenters. The van der Waals surface area contributed by atoms with Crippen LogP contribution in [0.25, 0.3) is 15.8 Å². The lowest BCUT2D eigenvalue weighted by molar-refractivity contribution is -0.119. The van der Waals surface area contributed by atoms with Gasteiger partial charge in [0.05, 0.1) is 22.9 Å². The molecule has 1 aliphatic heterocycles. The van der Waals surface area contributed by atoms with Gasteiger partial charge in [-0.2, -0.15) is 0 Å². The van der Waals surface area contributed by atoms with Crippen molar-refractivity contribution >= 4 is 56.3 Å². The zero-order valence-corrected chi connectivity index (χ0v) is 21.2. The molecule has 0 spiro atoms. The number of carbonyl (C=O) groups is 2. The van der Waals surface area contributed by atoms with Crippen LogP contribution in [0.5, 0.6) is 0 Å². The Morgan fingerprint density at radius 1 is 1.11 bits per heavy atom. The molecule has 2 atom stereocenters. The van der Waals surface area contributed by atoms with Gasteiger partial charge < -0.3 is 20.3 Å². The first-order valence-electron chi connectivity index (χ1n) is 11.4. The highest BCUT2D eigenvalue weighted by Gasteiger charge is 2.40. The van der Waals surface area contributed by atoms with Crippen LogP contribution in [0, 0.1) is 5.82 Å². The Morgan fingerprint density at radius 2 is 1.89 bits per heavy atom. The third-order valence-electron chi connectivity index (χ3n) is 6.26. The number of nitrogens with zero attached hydrogens (tertiary/aromatic N) is 2. The molecule has 1 fully saturated rings. The van der Waals surface area contributed by atoms with Crippen LogP contribution in [-0.4, -0.2) is 47.2 Å². The normalized spacial score (nSPS) is 17.2. The minimum Gasteiger partial charge on any atom is -0.380 e. The maximum atomic E-state index is 15.0. The third-order valence-corrected chi connectivity index (χ3v) is 7.40. The molecule has 0 aliphatic carbocycles. The zero-order chi connectivity index (χ0) is 26.1. The third kappa shape index (κ3) is 5.08. The number of fused-ring (bicyclic) bond motifs is 1. The Morgan fingerprint density at radius 3 is 2.62 bits per heavy atom. The van der Waals surface area contributed by atoms with Gasteiger partial charge in [-0.15, -0.1) is 11.3 Å².